The second-order valence-electron chi connectivity index (χ2n) is 6.02. The van der Waals surface area contributed by atoms with E-state index in [1.165, 1.54) is 15.6 Å². The summed E-state index contributed by atoms with van der Waals surface area (Å²) in [6.07, 6.45) is 3.51. The molecule has 2 bridgehead atoms. The van der Waals surface area contributed by atoms with E-state index >= 15 is 0 Å². The number of carbonyl (C=O) groups is 1. The highest BCUT2D eigenvalue weighted by Gasteiger charge is 2.59. The van der Waals surface area contributed by atoms with Crippen molar-refractivity contribution in [2.75, 3.05) is 6.61 Å². The van der Waals surface area contributed by atoms with Crippen LogP contribution in [0.5, 0.6) is 0 Å². The number of ether oxygens (including phenoxy) is 1. The molecule has 0 spiro atoms. The van der Waals surface area contributed by atoms with Crippen molar-refractivity contribution in [3.63, 3.8) is 0 Å². The average molecular weight is 345 g/mol. The van der Waals surface area contributed by atoms with E-state index in [0.29, 0.717) is 30.3 Å². The summed E-state index contributed by atoms with van der Waals surface area (Å²) >= 11 is 3.68. The number of hydrogen-bond acceptors (Lipinski definition) is 2. The molecule has 1 aromatic carbocycles. The molecule has 21 heavy (non-hydrogen) atoms. The Labute approximate surface area is 133 Å². The Morgan fingerprint density at radius 3 is 2.76 bits per heavy atom. The van der Waals surface area contributed by atoms with Gasteiger partial charge in [-0.1, -0.05) is 52.3 Å². The molecular weight excluding hydrogens is 328 g/mol. The smallest absolute Gasteiger partial charge is 0.334 e. The van der Waals surface area contributed by atoms with Crippen LogP contribution in [0.4, 0.5) is 0 Å². The third-order valence-corrected chi connectivity index (χ3v) is 5.92. The van der Waals surface area contributed by atoms with E-state index in [4.69, 9.17) is 4.74 Å². The molecule has 0 unspecified atom stereocenters. The number of rotatable bonds is 3. The Kier molecular flexibility index (Phi) is 3.07. The van der Waals surface area contributed by atoms with Crippen molar-refractivity contribution in [3.05, 3.63) is 52.0 Å². The molecule has 0 N–H and O–H groups in total. The summed E-state index contributed by atoms with van der Waals surface area (Å²) in [4.78, 5) is 12.4. The van der Waals surface area contributed by atoms with Crippen molar-refractivity contribution in [3.8, 4) is 0 Å². The lowest BCUT2D eigenvalue weighted by Crippen LogP contribution is -2.38. The highest BCUT2D eigenvalue weighted by molar-refractivity contribution is 9.11. The molecule has 0 heterocycles. The number of halogens is 1. The van der Waals surface area contributed by atoms with E-state index in [0.717, 1.165) is 12.0 Å². The van der Waals surface area contributed by atoms with Crippen LogP contribution in [0.25, 0.3) is 5.57 Å². The molecular formula is C18H17BrO2. The maximum atomic E-state index is 12.4. The van der Waals surface area contributed by atoms with Gasteiger partial charge in [0, 0.05) is 11.5 Å². The predicted molar refractivity (Wildman–Crippen MR) is 85.6 cm³/mol. The van der Waals surface area contributed by atoms with Crippen LogP contribution in [0.15, 0.2) is 46.5 Å². The van der Waals surface area contributed by atoms with E-state index in [1.807, 2.05) is 25.1 Å². The van der Waals surface area contributed by atoms with Crippen molar-refractivity contribution < 1.29 is 9.53 Å². The van der Waals surface area contributed by atoms with Gasteiger partial charge >= 0.3 is 5.97 Å². The maximum Gasteiger partial charge on any atom is 0.334 e. The minimum Gasteiger partial charge on any atom is -0.463 e. The highest BCUT2D eigenvalue weighted by Crippen LogP contribution is 2.66. The molecule has 0 radical (unpaired) electrons. The molecule has 108 valence electrons. The van der Waals surface area contributed by atoms with Gasteiger partial charge in [-0.2, -0.15) is 0 Å². The molecule has 0 aliphatic heterocycles. The van der Waals surface area contributed by atoms with Crippen LogP contribution >= 0.6 is 15.9 Å². The Balaban J connectivity index is 1.79. The quantitative estimate of drug-likeness (QED) is 0.769. The first kappa shape index (κ1) is 13.3. The fourth-order valence-electron chi connectivity index (χ4n) is 4.34. The lowest BCUT2D eigenvalue weighted by molar-refractivity contribution is -0.139. The third kappa shape index (κ3) is 1.80. The fraction of sp³-hybridized carbons (Fsp3) is 0.389. The first-order valence-corrected chi connectivity index (χ1v) is 8.35. The molecule has 0 aromatic heterocycles. The second kappa shape index (κ2) is 4.84. The average Bonchev–Trinajstić information content (AvgIpc) is 2.93. The molecule has 0 amide bonds. The van der Waals surface area contributed by atoms with Crippen LogP contribution in [0.2, 0.25) is 0 Å². The van der Waals surface area contributed by atoms with Crippen LogP contribution in [0.3, 0.4) is 0 Å². The standard InChI is InChI=1S/C18H17BrO2/c1-2-21-18(20)17-14(10-6-4-3-5-7-10)15-11-8-12(16(15)17)13(19)9-11/h3-7,9,11-12,15-16H,2,8H2,1H3/t11-,12+,15+,16+/m0/s1. The van der Waals surface area contributed by atoms with Gasteiger partial charge in [-0.3, -0.25) is 0 Å². The van der Waals surface area contributed by atoms with Gasteiger partial charge in [0.15, 0.2) is 0 Å². The van der Waals surface area contributed by atoms with Gasteiger partial charge in [0.05, 0.1) is 6.61 Å². The number of allylic oxidation sites excluding steroid dienone is 3. The van der Waals surface area contributed by atoms with E-state index in [9.17, 15) is 4.79 Å². The van der Waals surface area contributed by atoms with Crippen molar-refractivity contribution in [1.29, 1.82) is 0 Å². The lowest BCUT2D eigenvalue weighted by atomic mass is 9.61. The topological polar surface area (TPSA) is 26.3 Å². The summed E-state index contributed by atoms with van der Waals surface area (Å²) in [7, 11) is 0. The van der Waals surface area contributed by atoms with Crippen molar-refractivity contribution in [2.45, 2.75) is 13.3 Å². The van der Waals surface area contributed by atoms with Crippen LogP contribution in [0, 0.1) is 23.7 Å². The largest absolute Gasteiger partial charge is 0.463 e. The number of benzene rings is 1. The molecule has 1 fully saturated rings. The van der Waals surface area contributed by atoms with Gasteiger partial charge in [-0.15, -0.1) is 0 Å². The zero-order valence-electron chi connectivity index (χ0n) is 11.9. The Hall–Kier alpha value is -1.35. The van der Waals surface area contributed by atoms with Crippen molar-refractivity contribution >= 4 is 27.5 Å². The van der Waals surface area contributed by atoms with Gasteiger partial charge in [0.1, 0.15) is 0 Å². The second-order valence-corrected chi connectivity index (χ2v) is 6.94. The minimum absolute atomic E-state index is 0.120. The maximum absolute atomic E-state index is 12.4. The van der Waals surface area contributed by atoms with E-state index in [-0.39, 0.29) is 5.97 Å². The lowest BCUT2D eigenvalue weighted by Gasteiger charge is -2.43. The van der Waals surface area contributed by atoms with Gasteiger partial charge in [-0.25, -0.2) is 4.79 Å². The third-order valence-electron chi connectivity index (χ3n) is 5.07. The summed E-state index contributed by atoms with van der Waals surface area (Å²) < 4.78 is 6.60. The van der Waals surface area contributed by atoms with Crippen LogP contribution in [-0.4, -0.2) is 12.6 Å². The number of carbonyl (C=O) groups excluding carboxylic acids is 1. The molecule has 3 heteroatoms. The van der Waals surface area contributed by atoms with Crippen molar-refractivity contribution in [1.82, 2.24) is 0 Å². The summed E-state index contributed by atoms with van der Waals surface area (Å²) in [6.45, 7) is 2.31. The zero-order valence-corrected chi connectivity index (χ0v) is 13.5. The molecule has 0 saturated heterocycles. The number of hydrogen-bond donors (Lipinski definition) is 0. The SMILES string of the molecule is CCOC(=O)C1=C(c2ccccc2)[C@@H]2[C@H]1[C@@H]1C[C@H]2C=C1Br. The summed E-state index contributed by atoms with van der Waals surface area (Å²) in [5, 5.41) is 0. The molecule has 3 aliphatic carbocycles. The molecule has 4 rings (SSSR count). The number of fused-ring (bicyclic) bond motifs is 5. The Morgan fingerprint density at radius 2 is 2.05 bits per heavy atom. The Morgan fingerprint density at radius 1 is 1.29 bits per heavy atom. The first-order chi connectivity index (χ1) is 10.2. The zero-order chi connectivity index (χ0) is 14.6. The fourth-order valence-corrected chi connectivity index (χ4v) is 5.16. The van der Waals surface area contributed by atoms with Crippen molar-refractivity contribution in [2.24, 2.45) is 23.7 Å². The molecule has 4 atom stereocenters. The monoisotopic (exact) mass is 344 g/mol. The minimum atomic E-state index is -0.120. The van der Waals surface area contributed by atoms with E-state index in [2.05, 4.69) is 34.1 Å². The summed E-state index contributed by atoms with van der Waals surface area (Å²) in [6, 6.07) is 10.3. The summed E-state index contributed by atoms with van der Waals surface area (Å²) in [5.41, 5.74) is 3.33. The molecule has 2 nitrogen and oxygen atoms in total. The highest BCUT2D eigenvalue weighted by atomic mass is 79.9. The molecule has 3 aliphatic rings. The van der Waals surface area contributed by atoms with E-state index < -0.39 is 0 Å². The van der Waals surface area contributed by atoms with Crippen LogP contribution < -0.4 is 0 Å². The first-order valence-electron chi connectivity index (χ1n) is 7.56. The normalized spacial score (nSPS) is 32.6. The van der Waals surface area contributed by atoms with Gasteiger partial charge in [0.2, 0.25) is 0 Å². The van der Waals surface area contributed by atoms with Gasteiger partial charge in [0.25, 0.3) is 0 Å². The van der Waals surface area contributed by atoms with Crippen LogP contribution in [-0.2, 0) is 9.53 Å². The number of esters is 1. The Bertz CT molecular complexity index is 659. The van der Waals surface area contributed by atoms with Gasteiger partial charge in [-0.05, 0) is 46.7 Å². The predicted octanol–water partition coefficient (Wildman–Crippen LogP) is 4.18. The van der Waals surface area contributed by atoms with Crippen LogP contribution in [0.1, 0.15) is 18.9 Å². The molecule has 1 saturated carbocycles. The summed E-state index contributed by atoms with van der Waals surface area (Å²) in [5.74, 6) is 1.78. The van der Waals surface area contributed by atoms with Gasteiger partial charge < -0.3 is 4.74 Å². The van der Waals surface area contributed by atoms with E-state index in [1.54, 1.807) is 0 Å². The molecule has 1 aromatic rings.